The molecule has 0 saturated carbocycles. The SMILES string of the molecule is CNC(=O)C(Cc1ccccc1)N(Cc1ccc(Cl)cc1)C(=O)COc1ccccc1F. The lowest BCUT2D eigenvalue weighted by Gasteiger charge is -2.31. The second-order valence-electron chi connectivity index (χ2n) is 7.19. The fraction of sp³-hybridized carbons (Fsp3) is 0.200. The Morgan fingerprint density at radius 3 is 2.28 bits per heavy atom. The Morgan fingerprint density at radius 1 is 0.969 bits per heavy atom. The van der Waals surface area contributed by atoms with Gasteiger partial charge in [-0.3, -0.25) is 9.59 Å². The number of hydrogen-bond donors (Lipinski definition) is 1. The molecule has 0 bridgehead atoms. The van der Waals surface area contributed by atoms with Crippen LogP contribution < -0.4 is 10.1 Å². The van der Waals surface area contributed by atoms with Gasteiger partial charge >= 0.3 is 0 Å². The number of hydrogen-bond acceptors (Lipinski definition) is 3. The van der Waals surface area contributed by atoms with E-state index in [1.54, 1.807) is 36.4 Å². The fourth-order valence-electron chi connectivity index (χ4n) is 3.29. The molecule has 3 rings (SSSR count). The zero-order chi connectivity index (χ0) is 22.9. The largest absolute Gasteiger partial charge is 0.481 e. The van der Waals surface area contributed by atoms with E-state index in [9.17, 15) is 14.0 Å². The normalized spacial score (nSPS) is 11.5. The first-order valence-electron chi connectivity index (χ1n) is 10.1. The van der Waals surface area contributed by atoms with Crippen LogP contribution in [0.5, 0.6) is 5.75 Å². The van der Waals surface area contributed by atoms with Crippen molar-refractivity contribution in [3.63, 3.8) is 0 Å². The van der Waals surface area contributed by atoms with Gasteiger partial charge in [0.25, 0.3) is 5.91 Å². The smallest absolute Gasteiger partial charge is 0.261 e. The highest BCUT2D eigenvalue weighted by atomic mass is 35.5. The van der Waals surface area contributed by atoms with E-state index in [0.717, 1.165) is 11.1 Å². The number of halogens is 2. The molecule has 1 unspecified atom stereocenters. The lowest BCUT2D eigenvalue weighted by Crippen LogP contribution is -2.51. The second kappa shape index (κ2) is 11.3. The van der Waals surface area contributed by atoms with Gasteiger partial charge in [-0.15, -0.1) is 0 Å². The first kappa shape index (κ1) is 23.3. The van der Waals surface area contributed by atoms with E-state index >= 15 is 0 Å². The summed E-state index contributed by atoms with van der Waals surface area (Å²) in [6.45, 7) is -0.238. The van der Waals surface area contributed by atoms with Crippen LogP contribution in [0.3, 0.4) is 0 Å². The Hall–Kier alpha value is -3.38. The van der Waals surface area contributed by atoms with Gasteiger partial charge in [-0.2, -0.15) is 0 Å². The van der Waals surface area contributed by atoms with Gasteiger partial charge in [-0.25, -0.2) is 4.39 Å². The molecule has 0 radical (unpaired) electrons. The van der Waals surface area contributed by atoms with Crippen molar-refractivity contribution in [2.45, 2.75) is 19.0 Å². The van der Waals surface area contributed by atoms with E-state index in [0.29, 0.717) is 11.4 Å². The Bertz CT molecular complexity index is 1040. The number of benzene rings is 3. The highest BCUT2D eigenvalue weighted by Gasteiger charge is 2.30. The minimum Gasteiger partial charge on any atom is -0.481 e. The standard InChI is InChI=1S/C25H24ClFN2O3/c1-28-25(31)22(15-18-7-3-2-4-8-18)29(16-19-11-13-20(26)14-12-19)24(30)17-32-23-10-6-5-9-21(23)27/h2-14,22H,15-17H2,1H3,(H,28,31). The topological polar surface area (TPSA) is 58.6 Å². The third-order valence-corrected chi connectivity index (χ3v) is 5.22. The van der Waals surface area contributed by atoms with Crippen molar-refractivity contribution < 1.29 is 18.7 Å². The van der Waals surface area contributed by atoms with Crippen LogP contribution in [0.15, 0.2) is 78.9 Å². The third-order valence-electron chi connectivity index (χ3n) is 4.97. The van der Waals surface area contributed by atoms with Gasteiger partial charge in [0.15, 0.2) is 18.2 Å². The van der Waals surface area contributed by atoms with Crippen molar-refractivity contribution >= 4 is 23.4 Å². The quantitative estimate of drug-likeness (QED) is 0.526. The molecule has 0 fully saturated rings. The van der Waals surface area contributed by atoms with Crippen LogP contribution in [-0.2, 0) is 22.6 Å². The molecule has 0 spiro atoms. The molecule has 0 saturated heterocycles. The number of rotatable bonds is 9. The van der Waals surface area contributed by atoms with Crippen molar-refractivity contribution in [3.8, 4) is 5.75 Å². The molecule has 166 valence electrons. The summed E-state index contributed by atoms with van der Waals surface area (Å²) in [5.74, 6) is -1.32. The maximum atomic E-state index is 13.9. The molecule has 3 aromatic rings. The molecule has 0 aliphatic carbocycles. The number of likely N-dealkylation sites (N-methyl/N-ethyl adjacent to an activating group) is 1. The van der Waals surface area contributed by atoms with Crippen molar-refractivity contribution in [3.05, 3.63) is 101 Å². The zero-order valence-corrected chi connectivity index (χ0v) is 18.4. The van der Waals surface area contributed by atoms with Crippen LogP contribution in [0.25, 0.3) is 0 Å². The molecule has 3 aromatic carbocycles. The molecular weight excluding hydrogens is 431 g/mol. The molecule has 7 heteroatoms. The van der Waals surface area contributed by atoms with Crippen molar-refractivity contribution in [1.29, 1.82) is 0 Å². The van der Waals surface area contributed by atoms with E-state index in [1.165, 1.54) is 24.1 Å². The van der Waals surface area contributed by atoms with Crippen LogP contribution in [-0.4, -0.2) is 36.4 Å². The van der Waals surface area contributed by atoms with Crippen LogP contribution >= 0.6 is 11.6 Å². The van der Waals surface area contributed by atoms with Gasteiger partial charge in [-0.05, 0) is 35.4 Å². The lowest BCUT2D eigenvalue weighted by molar-refractivity contribution is -0.142. The highest BCUT2D eigenvalue weighted by molar-refractivity contribution is 6.30. The maximum Gasteiger partial charge on any atom is 0.261 e. The fourth-order valence-corrected chi connectivity index (χ4v) is 3.42. The molecule has 0 heterocycles. The van der Waals surface area contributed by atoms with Crippen LogP contribution in [0.2, 0.25) is 5.02 Å². The third kappa shape index (κ3) is 6.31. The molecule has 5 nitrogen and oxygen atoms in total. The molecule has 1 N–H and O–H groups in total. The van der Waals surface area contributed by atoms with Crippen molar-refractivity contribution in [1.82, 2.24) is 10.2 Å². The maximum absolute atomic E-state index is 13.9. The highest BCUT2D eigenvalue weighted by Crippen LogP contribution is 2.19. The van der Waals surface area contributed by atoms with E-state index < -0.39 is 24.4 Å². The van der Waals surface area contributed by atoms with Gasteiger partial charge in [0.1, 0.15) is 6.04 Å². The summed E-state index contributed by atoms with van der Waals surface area (Å²) in [5.41, 5.74) is 1.71. The number of nitrogens with zero attached hydrogens (tertiary/aromatic N) is 1. The summed E-state index contributed by atoms with van der Waals surface area (Å²) < 4.78 is 19.4. The second-order valence-corrected chi connectivity index (χ2v) is 7.62. The first-order chi connectivity index (χ1) is 15.5. The average molecular weight is 455 g/mol. The molecule has 1 atom stereocenters. The minimum atomic E-state index is -0.783. The number of amides is 2. The molecule has 0 aromatic heterocycles. The number of carbonyl (C=O) groups excluding carboxylic acids is 2. The number of para-hydroxylation sites is 1. The van der Waals surface area contributed by atoms with Crippen LogP contribution in [0, 0.1) is 5.82 Å². The van der Waals surface area contributed by atoms with Crippen molar-refractivity contribution in [2.75, 3.05) is 13.7 Å². The predicted molar refractivity (Wildman–Crippen MR) is 122 cm³/mol. The summed E-state index contributed by atoms with van der Waals surface area (Å²) in [4.78, 5) is 27.5. The predicted octanol–water partition coefficient (Wildman–Crippen LogP) is 4.24. The van der Waals surface area contributed by atoms with E-state index in [1.807, 2.05) is 30.3 Å². The first-order valence-corrected chi connectivity index (χ1v) is 10.5. The van der Waals surface area contributed by atoms with Gasteiger partial charge in [0.2, 0.25) is 5.91 Å². The van der Waals surface area contributed by atoms with Gasteiger partial charge in [0.05, 0.1) is 0 Å². The average Bonchev–Trinajstić information content (AvgIpc) is 2.82. The zero-order valence-electron chi connectivity index (χ0n) is 17.6. The molecule has 32 heavy (non-hydrogen) atoms. The minimum absolute atomic E-state index is 0.0214. The summed E-state index contributed by atoms with van der Waals surface area (Å²) >= 11 is 5.99. The molecule has 0 aliphatic heterocycles. The van der Waals surface area contributed by atoms with E-state index in [2.05, 4.69) is 5.32 Å². The molecule has 0 aliphatic rings. The van der Waals surface area contributed by atoms with Gasteiger partial charge < -0.3 is 15.0 Å². The Kier molecular flexibility index (Phi) is 8.22. The van der Waals surface area contributed by atoms with E-state index in [4.69, 9.17) is 16.3 Å². The number of nitrogens with one attached hydrogen (secondary N) is 1. The molecule has 2 amide bonds. The monoisotopic (exact) mass is 454 g/mol. The summed E-state index contributed by atoms with van der Waals surface area (Å²) in [7, 11) is 1.53. The summed E-state index contributed by atoms with van der Waals surface area (Å²) in [5, 5.41) is 3.21. The number of ether oxygens (including phenoxy) is 1. The van der Waals surface area contributed by atoms with Crippen LogP contribution in [0.4, 0.5) is 4.39 Å². The summed E-state index contributed by atoms with van der Waals surface area (Å²) in [6.07, 6.45) is 0.319. The van der Waals surface area contributed by atoms with Crippen molar-refractivity contribution in [2.24, 2.45) is 0 Å². The Morgan fingerprint density at radius 2 is 1.62 bits per heavy atom. The molecular formula is C25H24ClFN2O3. The van der Waals surface area contributed by atoms with E-state index in [-0.39, 0.29) is 18.2 Å². The lowest BCUT2D eigenvalue weighted by atomic mass is 10.0. The van der Waals surface area contributed by atoms with Gasteiger partial charge in [0, 0.05) is 25.0 Å². The Balaban J connectivity index is 1.87. The summed E-state index contributed by atoms with van der Waals surface area (Å²) in [6, 6.07) is 21.6. The van der Waals surface area contributed by atoms with Gasteiger partial charge in [-0.1, -0.05) is 66.2 Å². The number of carbonyl (C=O) groups is 2. The van der Waals surface area contributed by atoms with Crippen LogP contribution in [0.1, 0.15) is 11.1 Å². The Labute approximate surface area is 191 Å².